The first-order chi connectivity index (χ1) is 9.66. The maximum atomic E-state index is 11.9. The molecule has 0 aliphatic carbocycles. The molecule has 100 valence electrons. The summed E-state index contributed by atoms with van der Waals surface area (Å²) in [5.41, 5.74) is 8.99. The zero-order chi connectivity index (χ0) is 14.1. The standard InChI is InChI=1S/C15H14N4O/c1-10-7-8-12-13(9-10)19(18-17-12)14(15(16)20)11-5-3-2-4-6-11/h2-9,14H,1H3,(H2,16,20)/t14-/m1/s1. The first-order valence-corrected chi connectivity index (χ1v) is 6.32. The molecule has 0 spiro atoms. The van der Waals surface area contributed by atoms with Gasteiger partial charge in [-0.2, -0.15) is 0 Å². The predicted octanol–water partition coefficient (Wildman–Crippen LogP) is 1.81. The Morgan fingerprint density at radius 3 is 2.65 bits per heavy atom. The van der Waals surface area contributed by atoms with E-state index >= 15 is 0 Å². The zero-order valence-corrected chi connectivity index (χ0v) is 11.0. The topological polar surface area (TPSA) is 73.8 Å². The largest absolute Gasteiger partial charge is 0.368 e. The van der Waals surface area contributed by atoms with Gasteiger partial charge >= 0.3 is 0 Å². The Kier molecular flexibility index (Phi) is 2.95. The van der Waals surface area contributed by atoms with Crippen LogP contribution in [0.1, 0.15) is 17.2 Å². The molecule has 0 fully saturated rings. The highest BCUT2D eigenvalue weighted by Crippen LogP contribution is 2.22. The van der Waals surface area contributed by atoms with E-state index < -0.39 is 11.9 Å². The Morgan fingerprint density at radius 2 is 1.95 bits per heavy atom. The van der Waals surface area contributed by atoms with Gasteiger partial charge in [-0.05, 0) is 30.2 Å². The van der Waals surface area contributed by atoms with Crippen molar-refractivity contribution in [2.75, 3.05) is 0 Å². The summed E-state index contributed by atoms with van der Waals surface area (Å²) >= 11 is 0. The van der Waals surface area contributed by atoms with E-state index in [0.29, 0.717) is 0 Å². The molecular weight excluding hydrogens is 252 g/mol. The molecule has 3 aromatic rings. The number of benzene rings is 2. The molecule has 0 aliphatic heterocycles. The van der Waals surface area contributed by atoms with Crippen LogP contribution in [-0.2, 0) is 4.79 Å². The number of fused-ring (bicyclic) bond motifs is 1. The molecule has 1 atom stereocenters. The molecule has 20 heavy (non-hydrogen) atoms. The molecule has 0 aliphatic rings. The van der Waals surface area contributed by atoms with Crippen molar-refractivity contribution in [3.63, 3.8) is 0 Å². The van der Waals surface area contributed by atoms with Crippen LogP contribution in [-0.4, -0.2) is 20.9 Å². The second-order valence-electron chi connectivity index (χ2n) is 4.74. The lowest BCUT2D eigenvalue weighted by molar-refractivity contribution is -0.120. The van der Waals surface area contributed by atoms with Crippen LogP contribution in [0.2, 0.25) is 0 Å². The number of hydrogen-bond acceptors (Lipinski definition) is 3. The Labute approximate surface area is 116 Å². The summed E-state index contributed by atoms with van der Waals surface area (Å²) in [6, 6.07) is 14.5. The minimum atomic E-state index is -0.650. The second-order valence-corrected chi connectivity index (χ2v) is 4.74. The van der Waals surface area contributed by atoms with Gasteiger partial charge < -0.3 is 5.73 Å². The van der Waals surface area contributed by atoms with Crippen LogP contribution in [0.5, 0.6) is 0 Å². The molecule has 1 heterocycles. The maximum Gasteiger partial charge on any atom is 0.246 e. The molecule has 1 amide bonds. The summed E-state index contributed by atoms with van der Waals surface area (Å²) in [4.78, 5) is 11.9. The lowest BCUT2D eigenvalue weighted by Crippen LogP contribution is -2.28. The number of hydrogen-bond donors (Lipinski definition) is 1. The highest BCUT2D eigenvalue weighted by Gasteiger charge is 2.23. The fourth-order valence-corrected chi connectivity index (χ4v) is 2.30. The normalized spacial score (nSPS) is 12.4. The van der Waals surface area contributed by atoms with Crippen molar-refractivity contribution in [1.29, 1.82) is 0 Å². The third-order valence-electron chi connectivity index (χ3n) is 3.26. The second kappa shape index (κ2) is 4.77. The van der Waals surface area contributed by atoms with Gasteiger partial charge in [-0.3, -0.25) is 4.79 Å². The Morgan fingerprint density at radius 1 is 1.20 bits per heavy atom. The number of carbonyl (C=O) groups is 1. The van der Waals surface area contributed by atoms with Crippen molar-refractivity contribution in [3.05, 3.63) is 59.7 Å². The molecule has 3 rings (SSSR count). The lowest BCUT2D eigenvalue weighted by atomic mass is 10.1. The van der Waals surface area contributed by atoms with E-state index in [1.807, 2.05) is 55.5 Å². The van der Waals surface area contributed by atoms with Crippen molar-refractivity contribution >= 4 is 16.9 Å². The van der Waals surface area contributed by atoms with E-state index in [-0.39, 0.29) is 0 Å². The predicted molar refractivity (Wildman–Crippen MR) is 76.0 cm³/mol. The quantitative estimate of drug-likeness (QED) is 0.785. The minimum absolute atomic E-state index is 0.454. The number of nitrogens with two attached hydrogens (primary N) is 1. The molecule has 0 bridgehead atoms. The molecule has 5 nitrogen and oxygen atoms in total. The fraction of sp³-hybridized carbons (Fsp3) is 0.133. The van der Waals surface area contributed by atoms with Crippen molar-refractivity contribution < 1.29 is 4.79 Å². The van der Waals surface area contributed by atoms with Gasteiger partial charge in [0, 0.05) is 0 Å². The van der Waals surface area contributed by atoms with Crippen LogP contribution in [0.25, 0.3) is 11.0 Å². The summed E-state index contributed by atoms with van der Waals surface area (Å²) in [7, 11) is 0. The van der Waals surface area contributed by atoms with Crippen LogP contribution in [0.4, 0.5) is 0 Å². The van der Waals surface area contributed by atoms with Crippen molar-refractivity contribution in [2.24, 2.45) is 5.73 Å². The first-order valence-electron chi connectivity index (χ1n) is 6.32. The van der Waals surface area contributed by atoms with E-state index in [0.717, 1.165) is 22.2 Å². The van der Waals surface area contributed by atoms with Crippen LogP contribution < -0.4 is 5.73 Å². The number of primary amides is 1. The van der Waals surface area contributed by atoms with Crippen LogP contribution in [0.15, 0.2) is 48.5 Å². The molecule has 2 N–H and O–H groups in total. The van der Waals surface area contributed by atoms with E-state index in [4.69, 9.17) is 5.73 Å². The zero-order valence-electron chi connectivity index (χ0n) is 11.0. The van der Waals surface area contributed by atoms with E-state index in [1.54, 1.807) is 4.68 Å². The molecule has 0 saturated heterocycles. The van der Waals surface area contributed by atoms with Gasteiger partial charge in [0.2, 0.25) is 5.91 Å². The van der Waals surface area contributed by atoms with Crippen molar-refractivity contribution in [2.45, 2.75) is 13.0 Å². The lowest BCUT2D eigenvalue weighted by Gasteiger charge is -2.14. The minimum Gasteiger partial charge on any atom is -0.368 e. The SMILES string of the molecule is Cc1ccc2nnn([C@@H](C(N)=O)c3ccccc3)c2c1. The molecule has 0 unspecified atom stereocenters. The average molecular weight is 266 g/mol. The maximum absolute atomic E-state index is 11.9. The van der Waals surface area contributed by atoms with Gasteiger partial charge in [-0.25, -0.2) is 4.68 Å². The summed E-state index contributed by atoms with van der Waals surface area (Å²) in [6.07, 6.45) is 0. The average Bonchev–Trinajstić information content (AvgIpc) is 2.83. The van der Waals surface area contributed by atoms with E-state index in [9.17, 15) is 4.79 Å². The van der Waals surface area contributed by atoms with Crippen LogP contribution in [0.3, 0.4) is 0 Å². The monoisotopic (exact) mass is 266 g/mol. The molecule has 5 heteroatoms. The fourth-order valence-electron chi connectivity index (χ4n) is 2.30. The number of aryl methyl sites for hydroxylation is 1. The number of amides is 1. The smallest absolute Gasteiger partial charge is 0.246 e. The van der Waals surface area contributed by atoms with Crippen LogP contribution >= 0.6 is 0 Å². The van der Waals surface area contributed by atoms with Crippen LogP contribution in [0, 0.1) is 6.92 Å². The molecule has 0 saturated carbocycles. The van der Waals surface area contributed by atoms with Gasteiger partial charge in [0.15, 0.2) is 6.04 Å². The highest BCUT2D eigenvalue weighted by molar-refractivity contribution is 5.85. The molecule has 0 radical (unpaired) electrons. The van der Waals surface area contributed by atoms with Gasteiger partial charge in [-0.15, -0.1) is 5.10 Å². The Balaban J connectivity index is 2.20. The van der Waals surface area contributed by atoms with Gasteiger partial charge in [0.1, 0.15) is 5.52 Å². The number of carbonyl (C=O) groups excluding carboxylic acids is 1. The van der Waals surface area contributed by atoms with E-state index in [2.05, 4.69) is 10.3 Å². The third kappa shape index (κ3) is 2.03. The molecular formula is C15H14N4O. The Hall–Kier alpha value is -2.69. The van der Waals surface area contributed by atoms with Crippen molar-refractivity contribution in [3.8, 4) is 0 Å². The molecule has 2 aromatic carbocycles. The van der Waals surface area contributed by atoms with Gasteiger partial charge in [-0.1, -0.05) is 41.6 Å². The number of aromatic nitrogens is 3. The summed E-state index contributed by atoms with van der Waals surface area (Å²) < 4.78 is 1.58. The van der Waals surface area contributed by atoms with Gasteiger partial charge in [0.25, 0.3) is 0 Å². The Bertz CT molecular complexity index is 764. The highest BCUT2D eigenvalue weighted by atomic mass is 16.1. The number of rotatable bonds is 3. The van der Waals surface area contributed by atoms with Crippen molar-refractivity contribution in [1.82, 2.24) is 15.0 Å². The first kappa shape index (κ1) is 12.3. The van der Waals surface area contributed by atoms with E-state index in [1.165, 1.54) is 0 Å². The summed E-state index contributed by atoms with van der Waals surface area (Å²) in [6.45, 7) is 1.98. The molecule has 1 aromatic heterocycles. The third-order valence-corrected chi connectivity index (χ3v) is 3.26. The summed E-state index contributed by atoms with van der Waals surface area (Å²) in [5, 5.41) is 8.19. The summed E-state index contributed by atoms with van der Waals surface area (Å²) in [5.74, 6) is -0.454. The number of nitrogens with zero attached hydrogens (tertiary/aromatic N) is 3. The van der Waals surface area contributed by atoms with Gasteiger partial charge in [0.05, 0.1) is 5.52 Å².